The highest BCUT2D eigenvalue weighted by Gasteiger charge is 2.45. The molecule has 2 unspecified atom stereocenters. The number of ether oxygens (including phenoxy) is 2. The first-order valence-corrected chi connectivity index (χ1v) is 7.88. The number of rotatable bonds is 1. The van der Waals surface area contributed by atoms with Crippen LogP contribution in [0.1, 0.15) is 49.3 Å². The maximum Gasteiger partial charge on any atom is 0.119 e. The molecule has 3 aliphatic rings. The minimum absolute atomic E-state index is 0.0874. The quantitative estimate of drug-likeness (QED) is 0.853. The molecule has 1 aliphatic heterocycles. The Kier molecular flexibility index (Phi) is 3.00. The fourth-order valence-corrected chi connectivity index (χ4v) is 4.16. The monoisotopic (exact) mass is 273 g/mol. The Balaban J connectivity index is 1.64. The summed E-state index contributed by atoms with van der Waals surface area (Å²) in [6.07, 6.45) is 7.70. The Hall–Kier alpha value is -1.06. The second-order valence-corrected chi connectivity index (χ2v) is 6.54. The molecule has 108 valence electrons. The molecule has 0 bridgehead atoms. The van der Waals surface area contributed by atoms with E-state index in [2.05, 4.69) is 23.5 Å². The predicted octanol–water partition coefficient (Wildman–Crippen LogP) is 2.98. The first-order valence-electron chi connectivity index (χ1n) is 7.88. The summed E-state index contributed by atoms with van der Waals surface area (Å²) in [5.74, 6) is 0.941. The third kappa shape index (κ3) is 1.95. The van der Waals surface area contributed by atoms with Crippen molar-refractivity contribution in [3.8, 4) is 5.75 Å². The van der Waals surface area contributed by atoms with E-state index in [-0.39, 0.29) is 11.7 Å². The molecule has 1 saturated heterocycles. The van der Waals surface area contributed by atoms with E-state index in [4.69, 9.17) is 9.47 Å². The van der Waals surface area contributed by atoms with Crippen molar-refractivity contribution in [1.29, 1.82) is 0 Å². The maximum atomic E-state index is 6.65. The number of nitrogens with one attached hydrogen (secondary N) is 1. The van der Waals surface area contributed by atoms with Crippen molar-refractivity contribution in [2.24, 2.45) is 0 Å². The molecule has 1 aromatic carbocycles. The molecule has 1 spiro atoms. The van der Waals surface area contributed by atoms with Crippen LogP contribution in [0.15, 0.2) is 18.2 Å². The van der Waals surface area contributed by atoms with E-state index in [9.17, 15) is 0 Å². The van der Waals surface area contributed by atoms with Gasteiger partial charge in [0.1, 0.15) is 5.75 Å². The van der Waals surface area contributed by atoms with E-state index in [1.807, 2.05) is 0 Å². The van der Waals surface area contributed by atoms with Crippen LogP contribution in [-0.4, -0.2) is 25.3 Å². The normalized spacial score (nSPS) is 30.9. The highest BCUT2D eigenvalue weighted by Crippen LogP contribution is 2.45. The van der Waals surface area contributed by atoms with Gasteiger partial charge in [-0.15, -0.1) is 0 Å². The van der Waals surface area contributed by atoms with Crippen LogP contribution in [0.2, 0.25) is 0 Å². The van der Waals surface area contributed by atoms with Crippen molar-refractivity contribution in [3.05, 3.63) is 29.3 Å². The molecule has 1 aromatic rings. The highest BCUT2D eigenvalue weighted by atomic mass is 16.5. The summed E-state index contributed by atoms with van der Waals surface area (Å²) in [6, 6.07) is 6.88. The summed E-state index contributed by atoms with van der Waals surface area (Å²) < 4.78 is 12.0. The lowest BCUT2D eigenvalue weighted by molar-refractivity contribution is -0.149. The standard InChI is InChI=1S/C17H23NO2/c1-19-13-6-5-12-9-15-16(14(12)10-13)20-17(11-18-15)7-3-2-4-8-17/h5-6,10,15-16,18H,2-4,7-9,11H2,1H3. The van der Waals surface area contributed by atoms with E-state index in [1.165, 1.54) is 43.2 Å². The van der Waals surface area contributed by atoms with Crippen LogP contribution in [-0.2, 0) is 11.2 Å². The van der Waals surface area contributed by atoms with Gasteiger partial charge in [-0.05, 0) is 42.5 Å². The van der Waals surface area contributed by atoms with Gasteiger partial charge < -0.3 is 14.8 Å². The summed E-state index contributed by atoms with van der Waals surface area (Å²) in [5.41, 5.74) is 2.84. The molecular formula is C17H23NO2. The summed E-state index contributed by atoms with van der Waals surface area (Å²) >= 11 is 0. The summed E-state index contributed by atoms with van der Waals surface area (Å²) in [4.78, 5) is 0. The SMILES string of the molecule is COc1ccc2c(c1)C1OC3(CCCCC3)CNC1C2. The minimum atomic E-state index is 0.0874. The zero-order valence-electron chi connectivity index (χ0n) is 12.2. The van der Waals surface area contributed by atoms with Crippen molar-refractivity contribution in [2.75, 3.05) is 13.7 Å². The highest BCUT2D eigenvalue weighted by molar-refractivity contribution is 5.42. The van der Waals surface area contributed by atoms with Gasteiger partial charge in [0.05, 0.1) is 18.8 Å². The lowest BCUT2D eigenvalue weighted by Gasteiger charge is -2.46. The van der Waals surface area contributed by atoms with Gasteiger partial charge in [0.25, 0.3) is 0 Å². The zero-order chi connectivity index (χ0) is 13.6. The van der Waals surface area contributed by atoms with Crippen LogP contribution < -0.4 is 10.1 Å². The Bertz CT molecular complexity index is 508. The molecular weight excluding hydrogens is 250 g/mol. The van der Waals surface area contributed by atoms with Gasteiger partial charge in [-0.2, -0.15) is 0 Å². The average Bonchev–Trinajstić information content (AvgIpc) is 2.85. The predicted molar refractivity (Wildman–Crippen MR) is 78.1 cm³/mol. The van der Waals surface area contributed by atoms with Crippen LogP contribution in [0.25, 0.3) is 0 Å². The number of fused-ring (bicyclic) bond motifs is 3. The van der Waals surface area contributed by atoms with Crippen molar-refractivity contribution >= 4 is 0 Å². The Labute approximate surface area is 120 Å². The van der Waals surface area contributed by atoms with Gasteiger partial charge in [0.15, 0.2) is 0 Å². The first kappa shape index (κ1) is 12.7. The number of morpholine rings is 1. The van der Waals surface area contributed by atoms with Gasteiger partial charge in [0, 0.05) is 12.6 Å². The number of benzene rings is 1. The van der Waals surface area contributed by atoms with E-state index < -0.39 is 0 Å². The van der Waals surface area contributed by atoms with Crippen molar-refractivity contribution in [1.82, 2.24) is 5.32 Å². The van der Waals surface area contributed by atoms with Crippen LogP contribution in [0.3, 0.4) is 0 Å². The summed E-state index contributed by atoms with van der Waals surface area (Å²) in [7, 11) is 1.73. The van der Waals surface area contributed by atoms with Gasteiger partial charge in [0.2, 0.25) is 0 Å². The molecule has 3 nitrogen and oxygen atoms in total. The van der Waals surface area contributed by atoms with Gasteiger partial charge in [-0.3, -0.25) is 0 Å². The fourth-order valence-electron chi connectivity index (χ4n) is 4.16. The Morgan fingerprint density at radius 2 is 2.10 bits per heavy atom. The molecule has 2 fully saturated rings. The molecule has 3 heteroatoms. The van der Waals surface area contributed by atoms with E-state index in [1.54, 1.807) is 7.11 Å². The Morgan fingerprint density at radius 3 is 2.90 bits per heavy atom. The molecule has 1 N–H and O–H groups in total. The van der Waals surface area contributed by atoms with E-state index >= 15 is 0 Å². The van der Waals surface area contributed by atoms with Crippen LogP contribution in [0.5, 0.6) is 5.75 Å². The van der Waals surface area contributed by atoms with Crippen LogP contribution in [0.4, 0.5) is 0 Å². The van der Waals surface area contributed by atoms with Gasteiger partial charge in [-0.25, -0.2) is 0 Å². The summed E-state index contributed by atoms with van der Waals surface area (Å²) in [6.45, 7) is 1.03. The zero-order valence-corrected chi connectivity index (χ0v) is 12.2. The molecule has 20 heavy (non-hydrogen) atoms. The van der Waals surface area contributed by atoms with E-state index in [0.29, 0.717) is 6.04 Å². The summed E-state index contributed by atoms with van der Waals surface area (Å²) in [5, 5.41) is 3.76. The van der Waals surface area contributed by atoms with Gasteiger partial charge >= 0.3 is 0 Å². The molecule has 1 heterocycles. The topological polar surface area (TPSA) is 30.5 Å². The molecule has 0 aromatic heterocycles. The van der Waals surface area contributed by atoms with Crippen molar-refractivity contribution in [2.45, 2.75) is 56.3 Å². The molecule has 2 atom stereocenters. The second kappa shape index (κ2) is 4.74. The van der Waals surface area contributed by atoms with Crippen LogP contribution >= 0.6 is 0 Å². The largest absolute Gasteiger partial charge is 0.497 e. The number of hydrogen-bond acceptors (Lipinski definition) is 3. The lowest BCUT2D eigenvalue weighted by Crippen LogP contribution is -2.55. The molecule has 2 aliphatic carbocycles. The van der Waals surface area contributed by atoms with E-state index in [0.717, 1.165) is 18.7 Å². The first-order chi connectivity index (χ1) is 9.80. The Morgan fingerprint density at radius 1 is 1.25 bits per heavy atom. The second-order valence-electron chi connectivity index (χ2n) is 6.54. The van der Waals surface area contributed by atoms with Crippen molar-refractivity contribution < 1.29 is 9.47 Å². The lowest BCUT2D eigenvalue weighted by atomic mass is 9.82. The van der Waals surface area contributed by atoms with Gasteiger partial charge in [-0.1, -0.05) is 25.3 Å². The van der Waals surface area contributed by atoms with Crippen molar-refractivity contribution in [3.63, 3.8) is 0 Å². The molecule has 0 radical (unpaired) electrons. The minimum Gasteiger partial charge on any atom is -0.497 e. The number of methoxy groups -OCH3 is 1. The molecule has 1 saturated carbocycles. The third-order valence-electron chi connectivity index (χ3n) is 5.29. The number of hydrogen-bond donors (Lipinski definition) is 1. The fraction of sp³-hybridized carbons (Fsp3) is 0.647. The third-order valence-corrected chi connectivity index (χ3v) is 5.29. The molecule has 4 rings (SSSR count). The smallest absolute Gasteiger partial charge is 0.119 e. The maximum absolute atomic E-state index is 6.65. The van der Waals surface area contributed by atoms with Crippen LogP contribution in [0, 0.1) is 0 Å². The molecule has 0 amide bonds. The average molecular weight is 273 g/mol.